The maximum Gasteiger partial charge on any atom is 0.323 e. The first-order valence-corrected chi connectivity index (χ1v) is 11.4. The number of imide groups is 1. The van der Waals surface area contributed by atoms with Crippen LogP contribution in [0.1, 0.15) is 43.2 Å². The largest absolute Gasteiger partial charge is 0.468 e. The molecule has 1 N–H and O–H groups in total. The molecule has 0 radical (unpaired) electrons. The molecule has 2 unspecified atom stereocenters. The van der Waals surface area contributed by atoms with Crippen LogP contribution in [-0.2, 0) is 24.7 Å². The molecule has 6 heteroatoms. The molecule has 2 aliphatic heterocycles. The van der Waals surface area contributed by atoms with E-state index in [1.165, 1.54) is 12.0 Å². The summed E-state index contributed by atoms with van der Waals surface area (Å²) in [6.07, 6.45) is 4.81. The van der Waals surface area contributed by atoms with E-state index in [1.807, 2.05) is 60.7 Å². The highest BCUT2D eigenvalue weighted by Crippen LogP contribution is 2.52. The van der Waals surface area contributed by atoms with E-state index >= 15 is 0 Å². The number of esters is 1. The predicted molar refractivity (Wildman–Crippen MR) is 118 cm³/mol. The molecule has 3 fully saturated rings. The zero-order valence-electron chi connectivity index (χ0n) is 18.2. The van der Waals surface area contributed by atoms with E-state index < -0.39 is 29.4 Å². The molecule has 2 amide bonds. The summed E-state index contributed by atoms with van der Waals surface area (Å²) in [6.45, 7) is 0. The fraction of sp³-hybridized carbons (Fsp3) is 0.423. The van der Waals surface area contributed by atoms with Crippen LogP contribution in [0.4, 0.5) is 0 Å². The van der Waals surface area contributed by atoms with Gasteiger partial charge in [-0.15, -0.1) is 0 Å². The number of rotatable bonds is 4. The van der Waals surface area contributed by atoms with E-state index in [0.717, 1.165) is 43.2 Å². The second-order valence-electron chi connectivity index (χ2n) is 9.03. The van der Waals surface area contributed by atoms with Crippen LogP contribution < -0.4 is 5.32 Å². The molecule has 32 heavy (non-hydrogen) atoms. The van der Waals surface area contributed by atoms with Crippen molar-refractivity contribution in [2.24, 2.45) is 11.8 Å². The van der Waals surface area contributed by atoms with Crippen LogP contribution in [0.2, 0.25) is 0 Å². The van der Waals surface area contributed by atoms with Crippen LogP contribution in [0.25, 0.3) is 0 Å². The lowest BCUT2D eigenvalue weighted by molar-refractivity contribution is -0.150. The van der Waals surface area contributed by atoms with Gasteiger partial charge in [-0.25, -0.2) is 0 Å². The molecule has 3 atom stereocenters. The highest BCUT2D eigenvalue weighted by atomic mass is 16.5. The summed E-state index contributed by atoms with van der Waals surface area (Å²) in [5.74, 6) is -2.45. The Balaban J connectivity index is 1.70. The Bertz CT molecular complexity index is 977. The summed E-state index contributed by atoms with van der Waals surface area (Å²) in [7, 11) is 1.32. The molecule has 6 nitrogen and oxygen atoms in total. The zero-order chi connectivity index (χ0) is 22.3. The molecule has 0 spiro atoms. The van der Waals surface area contributed by atoms with Crippen molar-refractivity contribution in [1.29, 1.82) is 0 Å². The average molecular weight is 433 g/mol. The van der Waals surface area contributed by atoms with Crippen molar-refractivity contribution in [1.82, 2.24) is 10.2 Å². The fourth-order valence-corrected chi connectivity index (χ4v) is 6.06. The molecule has 0 bridgehead atoms. The van der Waals surface area contributed by atoms with E-state index in [1.54, 1.807) is 0 Å². The van der Waals surface area contributed by atoms with Crippen molar-refractivity contribution < 1.29 is 19.1 Å². The maximum atomic E-state index is 14.0. The number of methoxy groups -OCH3 is 1. The summed E-state index contributed by atoms with van der Waals surface area (Å²) in [6, 6.07) is 18.4. The highest BCUT2D eigenvalue weighted by Gasteiger charge is 2.68. The lowest BCUT2D eigenvalue weighted by Crippen LogP contribution is -2.53. The van der Waals surface area contributed by atoms with Gasteiger partial charge in [0, 0.05) is 6.04 Å². The Morgan fingerprint density at radius 2 is 1.47 bits per heavy atom. The molecule has 5 rings (SSSR count). The van der Waals surface area contributed by atoms with Gasteiger partial charge in [-0.2, -0.15) is 0 Å². The van der Waals surface area contributed by atoms with Gasteiger partial charge in [-0.05, 0) is 24.0 Å². The first-order valence-electron chi connectivity index (χ1n) is 11.4. The maximum absolute atomic E-state index is 14.0. The van der Waals surface area contributed by atoms with Crippen molar-refractivity contribution >= 4 is 17.8 Å². The lowest BCUT2D eigenvalue weighted by atomic mass is 9.71. The number of carbonyl (C=O) groups is 3. The summed E-state index contributed by atoms with van der Waals surface area (Å²) >= 11 is 0. The molecule has 2 heterocycles. The Morgan fingerprint density at radius 1 is 0.906 bits per heavy atom. The van der Waals surface area contributed by atoms with Gasteiger partial charge >= 0.3 is 5.97 Å². The predicted octanol–water partition coefficient (Wildman–Crippen LogP) is 3.01. The number of amides is 2. The smallest absolute Gasteiger partial charge is 0.323 e. The third-order valence-corrected chi connectivity index (χ3v) is 7.45. The molecule has 1 aliphatic carbocycles. The summed E-state index contributed by atoms with van der Waals surface area (Å²) in [4.78, 5) is 42.1. The van der Waals surface area contributed by atoms with E-state index in [0.29, 0.717) is 0 Å². The molecule has 0 aromatic heterocycles. The van der Waals surface area contributed by atoms with Crippen LogP contribution in [0.15, 0.2) is 60.7 Å². The van der Waals surface area contributed by atoms with Crippen molar-refractivity contribution in [3.63, 3.8) is 0 Å². The number of fused-ring (bicyclic) bond motifs is 1. The molecule has 3 aliphatic rings. The first-order chi connectivity index (χ1) is 15.6. The van der Waals surface area contributed by atoms with Crippen LogP contribution in [0.3, 0.4) is 0 Å². The van der Waals surface area contributed by atoms with Gasteiger partial charge in [-0.1, -0.05) is 79.9 Å². The van der Waals surface area contributed by atoms with Gasteiger partial charge in [0.25, 0.3) is 0 Å². The molecule has 1 saturated carbocycles. The van der Waals surface area contributed by atoms with E-state index in [9.17, 15) is 14.4 Å². The first kappa shape index (κ1) is 20.9. The van der Waals surface area contributed by atoms with Crippen LogP contribution in [-0.4, -0.2) is 41.9 Å². The number of nitrogens with one attached hydrogen (secondary N) is 1. The molecule has 2 saturated heterocycles. The fourth-order valence-electron chi connectivity index (χ4n) is 6.06. The number of nitrogens with zero attached hydrogens (tertiary/aromatic N) is 1. The second-order valence-corrected chi connectivity index (χ2v) is 9.03. The van der Waals surface area contributed by atoms with Gasteiger partial charge < -0.3 is 4.74 Å². The number of ether oxygens (including phenoxy) is 1. The summed E-state index contributed by atoms with van der Waals surface area (Å²) in [5.41, 5.74) is 0.723. The van der Waals surface area contributed by atoms with Crippen LogP contribution >= 0.6 is 0 Å². The minimum absolute atomic E-state index is 0.0862. The van der Waals surface area contributed by atoms with Crippen LogP contribution in [0, 0.1) is 11.8 Å². The minimum Gasteiger partial charge on any atom is -0.468 e. The van der Waals surface area contributed by atoms with Gasteiger partial charge in [-0.3, -0.25) is 24.6 Å². The number of hydrogen-bond acceptors (Lipinski definition) is 5. The Labute approximate surface area is 187 Å². The zero-order valence-corrected chi connectivity index (χ0v) is 18.2. The molecular formula is C26H28N2O4. The molecule has 166 valence electrons. The number of carbonyl (C=O) groups excluding carboxylic acids is 3. The van der Waals surface area contributed by atoms with E-state index in [4.69, 9.17) is 4.74 Å². The topological polar surface area (TPSA) is 75.7 Å². The van der Waals surface area contributed by atoms with Gasteiger partial charge in [0.2, 0.25) is 11.8 Å². The second kappa shape index (κ2) is 8.17. The third kappa shape index (κ3) is 3.00. The normalized spacial score (nSPS) is 27.4. The highest BCUT2D eigenvalue weighted by molar-refractivity contribution is 6.09. The number of benzene rings is 2. The monoisotopic (exact) mass is 432 g/mol. The van der Waals surface area contributed by atoms with E-state index in [2.05, 4.69) is 5.32 Å². The molecule has 2 aromatic rings. The van der Waals surface area contributed by atoms with Crippen molar-refractivity contribution in [3.8, 4) is 0 Å². The minimum atomic E-state index is -0.998. The molecular weight excluding hydrogens is 404 g/mol. The van der Waals surface area contributed by atoms with Gasteiger partial charge in [0.15, 0.2) is 0 Å². The van der Waals surface area contributed by atoms with Crippen molar-refractivity contribution in [2.45, 2.75) is 49.7 Å². The van der Waals surface area contributed by atoms with Crippen molar-refractivity contribution in [3.05, 3.63) is 71.8 Å². The number of likely N-dealkylation sites (tertiary alicyclic amines) is 1. The third-order valence-electron chi connectivity index (χ3n) is 7.45. The van der Waals surface area contributed by atoms with E-state index in [-0.39, 0.29) is 17.9 Å². The lowest BCUT2D eigenvalue weighted by Gasteiger charge is -2.37. The Kier molecular flexibility index (Phi) is 5.33. The van der Waals surface area contributed by atoms with Crippen molar-refractivity contribution in [2.75, 3.05) is 7.11 Å². The standard InChI is InChI=1S/C26H28N2O4/c1-32-25(31)22-20-21(24(30)28(23(20)29)19-15-9-4-10-16-19)26(27-22,17-11-5-2-6-12-17)18-13-7-3-8-14-18/h2-3,5-8,11-14,19-22,27H,4,9-10,15-16H2,1H3/t20?,21?,22-/m1/s1. The number of hydrogen-bond donors (Lipinski definition) is 1. The van der Waals surface area contributed by atoms with Gasteiger partial charge in [0.05, 0.1) is 24.5 Å². The summed E-state index contributed by atoms with van der Waals surface area (Å²) < 4.78 is 5.09. The van der Waals surface area contributed by atoms with Gasteiger partial charge in [0.1, 0.15) is 6.04 Å². The quantitative estimate of drug-likeness (QED) is 0.594. The van der Waals surface area contributed by atoms with Crippen LogP contribution in [0.5, 0.6) is 0 Å². The Hall–Kier alpha value is -2.99. The summed E-state index contributed by atoms with van der Waals surface area (Å²) in [5, 5.41) is 3.43. The average Bonchev–Trinajstić information content (AvgIpc) is 3.35. The molecule has 2 aromatic carbocycles. The Morgan fingerprint density at radius 3 is 2.00 bits per heavy atom. The SMILES string of the molecule is COC(=O)[C@@H]1NC(c2ccccc2)(c2ccccc2)C2C(=O)N(C3CCCCC3)C(=O)C21.